The van der Waals surface area contributed by atoms with Crippen LogP contribution in [0.3, 0.4) is 0 Å². The fourth-order valence-electron chi connectivity index (χ4n) is 10.6. The summed E-state index contributed by atoms with van der Waals surface area (Å²) in [6.45, 7) is 4.59. The minimum Gasteiger partial charge on any atom is -0.0622 e. The molecule has 12 rings (SSSR count). The van der Waals surface area contributed by atoms with Crippen molar-refractivity contribution in [2.75, 3.05) is 0 Å². The molecule has 0 unspecified atom stereocenters. The number of benzene rings is 9. The summed E-state index contributed by atoms with van der Waals surface area (Å²) in [6, 6.07) is 66.8. The van der Waals surface area contributed by atoms with E-state index in [1.54, 1.807) is 0 Å². The first-order chi connectivity index (χ1) is 26.6. The quantitative estimate of drug-likeness (QED) is 0.174. The molecule has 252 valence electrons. The van der Waals surface area contributed by atoms with Crippen LogP contribution in [-0.2, 0) is 5.41 Å². The number of rotatable bonds is 3. The zero-order valence-electron chi connectivity index (χ0n) is 30.3. The van der Waals surface area contributed by atoms with Crippen LogP contribution in [0.2, 0.25) is 0 Å². The maximum absolute atomic E-state index is 2.58. The van der Waals surface area contributed by atoms with Gasteiger partial charge in [-0.15, -0.1) is 0 Å². The monoisotopic (exact) mass is 684 g/mol. The predicted octanol–water partition coefficient (Wildman–Crippen LogP) is 14.4. The first kappa shape index (κ1) is 30.0. The van der Waals surface area contributed by atoms with Gasteiger partial charge in [-0.05, 0) is 146 Å². The van der Waals surface area contributed by atoms with Gasteiger partial charge in [0.1, 0.15) is 0 Å². The lowest BCUT2D eigenvalue weighted by atomic mass is 9.70. The summed E-state index contributed by atoms with van der Waals surface area (Å²) in [5.41, 5.74) is 22.5. The van der Waals surface area contributed by atoms with Gasteiger partial charge in [0.2, 0.25) is 0 Å². The molecule has 0 atom stereocenters. The third-order valence-corrected chi connectivity index (χ3v) is 12.8. The van der Waals surface area contributed by atoms with E-state index in [0.29, 0.717) is 5.92 Å². The SMILES string of the molecule is CC(C)c1ccc(-c2cccc3cc4c(cc23)-c2cccc3c5c(cc-4c23)C2(c3ccccc3-c3ccccc32)c2ccccc2-5)cc1-c1ccccc1. The highest BCUT2D eigenvalue weighted by molar-refractivity contribution is 6.23. The van der Waals surface area contributed by atoms with Crippen LogP contribution in [-0.4, -0.2) is 0 Å². The summed E-state index contributed by atoms with van der Waals surface area (Å²) in [6.07, 6.45) is 0. The van der Waals surface area contributed by atoms with E-state index in [9.17, 15) is 0 Å². The van der Waals surface area contributed by atoms with Crippen LogP contribution in [0.15, 0.2) is 176 Å². The van der Waals surface area contributed by atoms with E-state index in [-0.39, 0.29) is 5.41 Å². The van der Waals surface area contributed by atoms with Gasteiger partial charge in [0.15, 0.2) is 0 Å². The van der Waals surface area contributed by atoms with Crippen LogP contribution in [0.25, 0.3) is 88.3 Å². The molecule has 0 saturated carbocycles. The van der Waals surface area contributed by atoms with Crippen molar-refractivity contribution >= 4 is 21.5 Å². The molecule has 0 amide bonds. The molecule has 0 heterocycles. The molecule has 0 fully saturated rings. The van der Waals surface area contributed by atoms with E-state index in [1.165, 1.54) is 116 Å². The van der Waals surface area contributed by atoms with Crippen LogP contribution in [0.4, 0.5) is 0 Å². The second-order valence-corrected chi connectivity index (χ2v) is 15.7. The van der Waals surface area contributed by atoms with Gasteiger partial charge in [0.25, 0.3) is 0 Å². The van der Waals surface area contributed by atoms with E-state index >= 15 is 0 Å². The smallest absolute Gasteiger partial charge is 0.0622 e. The van der Waals surface area contributed by atoms with Gasteiger partial charge in [-0.3, -0.25) is 0 Å². The standard InChI is InChI=1S/C54H36/c1-32(2)36-27-26-35(28-43(36)33-14-4-3-5-15-33)37-20-12-16-34-29-45-46(30-44(34)37)40-21-13-22-42-52(40)47(45)31-51-53(42)41-19-8-11-25-50(41)54(51)48-23-9-6-17-38(48)39-18-7-10-24-49(39)54/h3-32H,1-2H3. The molecule has 0 aromatic heterocycles. The lowest BCUT2D eigenvalue weighted by Crippen LogP contribution is -2.25. The Morgan fingerprint density at radius 3 is 1.70 bits per heavy atom. The van der Waals surface area contributed by atoms with Crippen LogP contribution < -0.4 is 0 Å². The Morgan fingerprint density at radius 1 is 0.352 bits per heavy atom. The van der Waals surface area contributed by atoms with Gasteiger partial charge in [0.05, 0.1) is 5.41 Å². The summed E-state index contributed by atoms with van der Waals surface area (Å²) in [4.78, 5) is 0. The molecule has 54 heavy (non-hydrogen) atoms. The summed E-state index contributed by atoms with van der Waals surface area (Å²) in [5, 5.41) is 5.30. The third-order valence-electron chi connectivity index (χ3n) is 12.8. The summed E-state index contributed by atoms with van der Waals surface area (Å²) < 4.78 is 0. The summed E-state index contributed by atoms with van der Waals surface area (Å²) in [5.74, 6) is 0.433. The molecule has 0 radical (unpaired) electrons. The molecule has 0 aliphatic heterocycles. The molecule has 0 bridgehead atoms. The first-order valence-corrected chi connectivity index (χ1v) is 19.3. The molecule has 3 aliphatic carbocycles. The number of hydrogen-bond donors (Lipinski definition) is 0. The lowest BCUT2D eigenvalue weighted by Gasteiger charge is -2.30. The molecule has 0 heteroatoms. The molecule has 9 aromatic rings. The lowest BCUT2D eigenvalue weighted by molar-refractivity contribution is 0.795. The van der Waals surface area contributed by atoms with E-state index in [4.69, 9.17) is 0 Å². The fourth-order valence-corrected chi connectivity index (χ4v) is 10.6. The Labute approximate surface area is 316 Å². The van der Waals surface area contributed by atoms with Gasteiger partial charge in [-0.2, -0.15) is 0 Å². The Morgan fingerprint density at radius 2 is 0.963 bits per heavy atom. The van der Waals surface area contributed by atoms with Gasteiger partial charge in [-0.25, -0.2) is 0 Å². The van der Waals surface area contributed by atoms with Crippen LogP contribution in [0, 0.1) is 0 Å². The van der Waals surface area contributed by atoms with Gasteiger partial charge in [-0.1, -0.05) is 166 Å². The fraction of sp³-hybridized carbons (Fsp3) is 0.0741. The second-order valence-electron chi connectivity index (χ2n) is 15.7. The van der Waals surface area contributed by atoms with Crippen molar-refractivity contribution < 1.29 is 0 Å². The van der Waals surface area contributed by atoms with Crippen molar-refractivity contribution in [2.45, 2.75) is 25.2 Å². The minimum atomic E-state index is -0.370. The van der Waals surface area contributed by atoms with Gasteiger partial charge < -0.3 is 0 Å². The molecule has 3 aliphatic rings. The second kappa shape index (κ2) is 10.8. The molecule has 0 nitrogen and oxygen atoms in total. The van der Waals surface area contributed by atoms with Crippen molar-refractivity contribution in [2.24, 2.45) is 0 Å². The van der Waals surface area contributed by atoms with Crippen molar-refractivity contribution in [3.05, 3.63) is 204 Å². The number of fused-ring (bicyclic) bond motifs is 15. The third kappa shape index (κ3) is 3.73. The average Bonchev–Trinajstić information content (AvgIpc) is 3.82. The molecule has 0 N–H and O–H groups in total. The van der Waals surface area contributed by atoms with Crippen LogP contribution >= 0.6 is 0 Å². The molecular weight excluding hydrogens is 649 g/mol. The highest BCUT2D eigenvalue weighted by Crippen LogP contribution is 2.65. The normalized spacial score (nSPS) is 13.7. The van der Waals surface area contributed by atoms with E-state index in [1.807, 2.05) is 0 Å². The first-order valence-electron chi connectivity index (χ1n) is 19.3. The van der Waals surface area contributed by atoms with Crippen molar-refractivity contribution in [1.82, 2.24) is 0 Å². The van der Waals surface area contributed by atoms with Crippen molar-refractivity contribution in [3.8, 4) is 66.8 Å². The average molecular weight is 685 g/mol. The van der Waals surface area contributed by atoms with Gasteiger partial charge in [0, 0.05) is 0 Å². The predicted molar refractivity (Wildman–Crippen MR) is 227 cm³/mol. The van der Waals surface area contributed by atoms with Crippen molar-refractivity contribution in [3.63, 3.8) is 0 Å². The number of hydrogen-bond acceptors (Lipinski definition) is 0. The Bertz CT molecular complexity index is 3020. The zero-order chi connectivity index (χ0) is 35.7. The molecular formula is C54H36. The summed E-state index contributed by atoms with van der Waals surface area (Å²) >= 11 is 0. The highest BCUT2D eigenvalue weighted by Gasteiger charge is 2.52. The molecule has 1 spiro atoms. The summed E-state index contributed by atoms with van der Waals surface area (Å²) in [7, 11) is 0. The molecule has 0 saturated heterocycles. The Balaban J connectivity index is 1.12. The van der Waals surface area contributed by atoms with Crippen molar-refractivity contribution in [1.29, 1.82) is 0 Å². The molecule has 9 aromatic carbocycles. The maximum Gasteiger partial charge on any atom is 0.0725 e. The van der Waals surface area contributed by atoms with Gasteiger partial charge >= 0.3 is 0 Å². The topological polar surface area (TPSA) is 0 Å². The largest absolute Gasteiger partial charge is 0.0725 e. The Kier molecular flexibility index (Phi) is 5.99. The van der Waals surface area contributed by atoms with E-state index in [2.05, 4.69) is 190 Å². The van der Waals surface area contributed by atoms with Crippen LogP contribution in [0.1, 0.15) is 47.6 Å². The maximum atomic E-state index is 2.58. The highest BCUT2D eigenvalue weighted by atomic mass is 14.5. The zero-order valence-corrected chi connectivity index (χ0v) is 30.3. The van der Waals surface area contributed by atoms with E-state index < -0.39 is 0 Å². The minimum absolute atomic E-state index is 0.370. The van der Waals surface area contributed by atoms with E-state index in [0.717, 1.165) is 0 Å². The Hall–Kier alpha value is -6.50. The van der Waals surface area contributed by atoms with Crippen LogP contribution in [0.5, 0.6) is 0 Å².